The number of ether oxygens (including phenoxy) is 1. The van der Waals surface area contributed by atoms with Crippen LogP contribution in [-0.2, 0) is 9.53 Å². The van der Waals surface area contributed by atoms with E-state index < -0.39 is 0 Å². The Bertz CT molecular complexity index is 376. The molecule has 0 heterocycles. The highest BCUT2D eigenvalue weighted by atomic mass is 16.5. The number of nitrogens with two attached hydrogens (primary N) is 1. The summed E-state index contributed by atoms with van der Waals surface area (Å²) in [5, 5.41) is 0. The summed E-state index contributed by atoms with van der Waals surface area (Å²) in [7, 11) is 0. The van der Waals surface area contributed by atoms with Crippen LogP contribution in [0.3, 0.4) is 0 Å². The molecule has 0 saturated carbocycles. The van der Waals surface area contributed by atoms with E-state index in [2.05, 4.69) is 13.8 Å². The average molecular weight is 263 g/mol. The van der Waals surface area contributed by atoms with Gasteiger partial charge in [0.15, 0.2) is 0 Å². The van der Waals surface area contributed by atoms with Gasteiger partial charge in [0.25, 0.3) is 0 Å². The quantitative estimate of drug-likeness (QED) is 0.768. The van der Waals surface area contributed by atoms with Gasteiger partial charge in [-0.25, -0.2) is 0 Å². The van der Waals surface area contributed by atoms with Crippen LogP contribution in [0.1, 0.15) is 45.3 Å². The minimum atomic E-state index is -0.203. The van der Waals surface area contributed by atoms with E-state index in [1.54, 1.807) is 0 Å². The zero-order chi connectivity index (χ0) is 14.3. The molecule has 3 nitrogen and oxygen atoms in total. The molecule has 0 bridgehead atoms. The van der Waals surface area contributed by atoms with E-state index in [9.17, 15) is 4.79 Å². The van der Waals surface area contributed by atoms with Crippen LogP contribution in [0.5, 0.6) is 0 Å². The smallest absolute Gasteiger partial charge is 0.306 e. The molecule has 0 spiro atoms. The standard InChI is InChI=1S/C16H25NO2/c1-12(2)9-14(11-17)10-16(18)19-13(3)15-7-5-4-6-8-15/h4-8,12-14H,9-11,17H2,1-3H3. The Balaban J connectivity index is 2.46. The SMILES string of the molecule is CC(C)CC(CN)CC(=O)OC(C)c1ccccc1. The van der Waals surface area contributed by atoms with Crippen LogP contribution in [0, 0.1) is 11.8 Å². The first kappa shape index (κ1) is 15.7. The highest BCUT2D eigenvalue weighted by molar-refractivity contribution is 5.70. The second kappa shape index (κ2) is 7.95. The molecule has 2 unspecified atom stereocenters. The van der Waals surface area contributed by atoms with Crippen LogP contribution in [0.4, 0.5) is 0 Å². The monoisotopic (exact) mass is 263 g/mol. The van der Waals surface area contributed by atoms with E-state index in [1.807, 2.05) is 37.3 Å². The lowest BCUT2D eigenvalue weighted by Crippen LogP contribution is -2.21. The first-order chi connectivity index (χ1) is 9.02. The van der Waals surface area contributed by atoms with E-state index in [4.69, 9.17) is 10.5 Å². The van der Waals surface area contributed by atoms with Gasteiger partial charge in [0.1, 0.15) is 6.10 Å². The fourth-order valence-electron chi connectivity index (χ4n) is 2.20. The Hall–Kier alpha value is -1.35. The van der Waals surface area contributed by atoms with Crippen molar-refractivity contribution in [2.45, 2.75) is 39.7 Å². The average Bonchev–Trinajstić information content (AvgIpc) is 2.38. The van der Waals surface area contributed by atoms with Crippen molar-refractivity contribution in [3.8, 4) is 0 Å². The minimum Gasteiger partial charge on any atom is -0.458 e. The molecule has 1 rings (SSSR count). The number of carbonyl (C=O) groups is 1. The molecule has 3 heteroatoms. The van der Waals surface area contributed by atoms with Crippen LogP contribution in [0.15, 0.2) is 30.3 Å². The second-order valence-corrected chi connectivity index (χ2v) is 5.48. The Morgan fingerprint density at radius 1 is 1.21 bits per heavy atom. The van der Waals surface area contributed by atoms with E-state index in [-0.39, 0.29) is 18.0 Å². The number of esters is 1. The van der Waals surface area contributed by atoms with Gasteiger partial charge in [0.05, 0.1) is 0 Å². The molecule has 2 atom stereocenters. The number of rotatable bonds is 7. The fourth-order valence-corrected chi connectivity index (χ4v) is 2.20. The summed E-state index contributed by atoms with van der Waals surface area (Å²) in [6.07, 6.45) is 1.17. The second-order valence-electron chi connectivity index (χ2n) is 5.48. The molecule has 0 amide bonds. The maximum absolute atomic E-state index is 11.9. The van der Waals surface area contributed by atoms with Gasteiger partial charge in [0.2, 0.25) is 0 Å². The molecule has 0 aliphatic heterocycles. The lowest BCUT2D eigenvalue weighted by Gasteiger charge is -2.18. The van der Waals surface area contributed by atoms with Crippen LogP contribution in [0.2, 0.25) is 0 Å². The van der Waals surface area contributed by atoms with Gasteiger partial charge >= 0.3 is 5.97 Å². The van der Waals surface area contributed by atoms with Gasteiger partial charge in [-0.15, -0.1) is 0 Å². The molecule has 0 aromatic heterocycles. The summed E-state index contributed by atoms with van der Waals surface area (Å²) in [4.78, 5) is 11.9. The van der Waals surface area contributed by atoms with Gasteiger partial charge < -0.3 is 10.5 Å². The molecule has 0 aliphatic rings. The van der Waals surface area contributed by atoms with Gasteiger partial charge in [-0.2, -0.15) is 0 Å². The Kier molecular flexibility index (Phi) is 6.57. The molecular formula is C16H25NO2. The highest BCUT2D eigenvalue weighted by Crippen LogP contribution is 2.20. The predicted octanol–water partition coefficient (Wildman–Crippen LogP) is 3.30. The van der Waals surface area contributed by atoms with E-state index in [0.29, 0.717) is 18.9 Å². The minimum absolute atomic E-state index is 0.160. The van der Waals surface area contributed by atoms with Gasteiger partial charge in [-0.1, -0.05) is 44.2 Å². The number of benzene rings is 1. The topological polar surface area (TPSA) is 52.3 Å². The summed E-state index contributed by atoms with van der Waals surface area (Å²) >= 11 is 0. The number of hydrogen-bond donors (Lipinski definition) is 1. The van der Waals surface area contributed by atoms with Crippen molar-refractivity contribution < 1.29 is 9.53 Å². The van der Waals surface area contributed by atoms with Crippen molar-refractivity contribution in [1.29, 1.82) is 0 Å². The number of carbonyl (C=O) groups excluding carboxylic acids is 1. The maximum atomic E-state index is 11.9. The van der Waals surface area contributed by atoms with Gasteiger partial charge in [0, 0.05) is 6.42 Å². The first-order valence-corrected chi connectivity index (χ1v) is 6.97. The predicted molar refractivity (Wildman–Crippen MR) is 77.6 cm³/mol. The zero-order valence-corrected chi connectivity index (χ0v) is 12.1. The Morgan fingerprint density at radius 3 is 2.37 bits per heavy atom. The molecule has 1 aromatic carbocycles. The summed E-state index contributed by atoms with van der Waals surface area (Å²) in [6.45, 7) is 6.71. The van der Waals surface area contributed by atoms with E-state index in [1.165, 1.54) is 0 Å². The molecule has 0 saturated heterocycles. The van der Waals surface area contributed by atoms with Crippen molar-refractivity contribution >= 4 is 5.97 Å². The first-order valence-electron chi connectivity index (χ1n) is 6.97. The van der Waals surface area contributed by atoms with Crippen LogP contribution in [-0.4, -0.2) is 12.5 Å². The van der Waals surface area contributed by atoms with Crippen molar-refractivity contribution in [2.75, 3.05) is 6.54 Å². The normalized spacial score (nSPS) is 14.2. The fraction of sp³-hybridized carbons (Fsp3) is 0.562. The third kappa shape index (κ3) is 5.88. The van der Waals surface area contributed by atoms with Crippen LogP contribution >= 0.6 is 0 Å². The maximum Gasteiger partial charge on any atom is 0.306 e. The lowest BCUT2D eigenvalue weighted by molar-refractivity contribution is -0.149. The van der Waals surface area contributed by atoms with Crippen molar-refractivity contribution in [3.63, 3.8) is 0 Å². The van der Waals surface area contributed by atoms with E-state index >= 15 is 0 Å². The number of hydrogen-bond acceptors (Lipinski definition) is 3. The Morgan fingerprint density at radius 2 is 1.84 bits per heavy atom. The summed E-state index contributed by atoms with van der Waals surface area (Å²) in [5.74, 6) is 0.607. The van der Waals surface area contributed by atoms with Crippen molar-refractivity contribution in [2.24, 2.45) is 17.6 Å². The van der Waals surface area contributed by atoms with Crippen LogP contribution in [0.25, 0.3) is 0 Å². The summed E-state index contributed by atoms with van der Waals surface area (Å²) in [6, 6.07) is 9.77. The lowest BCUT2D eigenvalue weighted by atomic mass is 9.94. The zero-order valence-electron chi connectivity index (χ0n) is 12.1. The van der Waals surface area contributed by atoms with Gasteiger partial charge in [-0.05, 0) is 37.3 Å². The van der Waals surface area contributed by atoms with Crippen LogP contribution < -0.4 is 5.73 Å². The molecule has 0 radical (unpaired) electrons. The third-order valence-corrected chi connectivity index (χ3v) is 3.17. The third-order valence-electron chi connectivity index (χ3n) is 3.17. The van der Waals surface area contributed by atoms with Crippen molar-refractivity contribution in [3.05, 3.63) is 35.9 Å². The van der Waals surface area contributed by atoms with Gasteiger partial charge in [-0.3, -0.25) is 4.79 Å². The summed E-state index contributed by atoms with van der Waals surface area (Å²) < 4.78 is 5.46. The summed E-state index contributed by atoms with van der Waals surface area (Å²) in [5.41, 5.74) is 6.72. The highest BCUT2D eigenvalue weighted by Gasteiger charge is 2.17. The molecule has 1 aromatic rings. The molecule has 0 fully saturated rings. The van der Waals surface area contributed by atoms with E-state index in [0.717, 1.165) is 12.0 Å². The molecular weight excluding hydrogens is 238 g/mol. The van der Waals surface area contributed by atoms with Crippen molar-refractivity contribution in [1.82, 2.24) is 0 Å². The molecule has 106 valence electrons. The Labute approximate surface area is 116 Å². The molecule has 19 heavy (non-hydrogen) atoms. The molecule has 0 aliphatic carbocycles. The largest absolute Gasteiger partial charge is 0.458 e. The molecule has 2 N–H and O–H groups in total.